The third-order valence-electron chi connectivity index (χ3n) is 9.44. The van der Waals surface area contributed by atoms with Crippen LogP contribution in [0.1, 0.15) is 82.1 Å². The summed E-state index contributed by atoms with van der Waals surface area (Å²) >= 11 is 0. The Morgan fingerprint density at radius 2 is 1.57 bits per heavy atom. The lowest BCUT2D eigenvalue weighted by atomic mass is 9.85. The minimum absolute atomic E-state index is 0.0542. The van der Waals surface area contributed by atoms with E-state index in [0.717, 1.165) is 0 Å². The fourth-order valence-electron chi connectivity index (χ4n) is 6.39. The standard InChI is InChI=1S/C34H56N6O7/c1-12-15-35-28(43)25(41)23(19-13-14-19)38-27(42)24-22-20(34(22,10)11)17-40(24)29(44)26(32(4,5)6)39-30(45)37-21(18(2)3)16-36-31(46)47-33(7,8)9/h12,18-24,26H,1,13-17H2,2-11H3,(H,35,43)(H,36,46)(H,38,42)(H2,37,39,45)/t20-,21+,22-,23?,24-,26+/m0/s1. The Kier molecular flexibility index (Phi) is 11.4. The van der Waals surface area contributed by atoms with Crippen molar-refractivity contribution in [3.63, 3.8) is 0 Å². The van der Waals surface area contributed by atoms with Crippen LogP contribution in [0.2, 0.25) is 0 Å². The van der Waals surface area contributed by atoms with Gasteiger partial charge in [0.2, 0.25) is 17.6 Å². The highest BCUT2D eigenvalue weighted by molar-refractivity contribution is 6.38. The molecule has 0 radical (unpaired) electrons. The number of ether oxygens (including phenoxy) is 1. The van der Waals surface area contributed by atoms with Gasteiger partial charge in [-0.1, -0.05) is 54.5 Å². The third kappa shape index (κ3) is 9.47. The maximum Gasteiger partial charge on any atom is 0.407 e. The molecule has 3 aliphatic rings. The molecule has 3 rings (SSSR count). The minimum Gasteiger partial charge on any atom is -0.444 e. The molecule has 1 unspecified atom stereocenters. The average molecular weight is 661 g/mol. The predicted octanol–water partition coefficient (Wildman–Crippen LogP) is 2.50. The molecule has 0 aromatic heterocycles. The molecular formula is C34H56N6O7. The number of nitrogens with zero attached hydrogens (tertiary/aromatic N) is 1. The van der Waals surface area contributed by atoms with Crippen molar-refractivity contribution in [2.75, 3.05) is 19.6 Å². The number of Topliss-reactive ketones (excluding diaryl/α,β-unsaturated/α-hetero) is 1. The third-order valence-corrected chi connectivity index (χ3v) is 9.44. The summed E-state index contributed by atoms with van der Waals surface area (Å²) < 4.78 is 5.30. The first-order valence-corrected chi connectivity index (χ1v) is 16.7. The zero-order valence-corrected chi connectivity index (χ0v) is 29.7. The molecular weight excluding hydrogens is 604 g/mol. The van der Waals surface area contributed by atoms with Gasteiger partial charge in [-0.05, 0) is 68.1 Å². The number of carbonyl (C=O) groups is 6. The van der Waals surface area contributed by atoms with E-state index in [0.29, 0.717) is 19.4 Å². The SMILES string of the molecule is C=CCNC(=O)C(=O)C(NC(=O)[C@@H]1[C@@H]2[C@H](CN1C(=O)[C@@H](NC(=O)N[C@H](CNC(=O)OC(C)(C)C)C(C)C)C(C)(C)C)C2(C)C)C1CC1. The maximum atomic E-state index is 14.3. The van der Waals surface area contributed by atoms with Gasteiger partial charge in [0.25, 0.3) is 5.91 Å². The Morgan fingerprint density at radius 3 is 2.09 bits per heavy atom. The van der Waals surface area contributed by atoms with E-state index in [-0.39, 0.29) is 42.2 Å². The van der Waals surface area contributed by atoms with E-state index in [4.69, 9.17) is 4.74 Å². The van der Waals surface area contributed by atoms with Crippen molar-refractivity contribution in [3.05, 3.63) is 12.7 Å². The number of hydrogen-bond acceptors (Lipinski definition) is 7. The summed E-state index contributed by atoms with van der Waals surface area (Å²) in [5, 5.41) is 13.7. The molecule has 264 valence electrons. The molecule has 0 spiro atoms. The number of ketones is 1. The summed E-state index contributed by atoms with van der Waals surface area (Å²) in [6.07, 6.45) is 2.30. The van der Waals surface area contributed by atoms with Crippen LogP contribution in [0.4, 0.5) is 9.59 Å². The molecule has 6 amide bonds. The van der Waals surface area contributed by atoms with Gasteiger partial charge in [-0.15, -0.1) is 6.58 Å². The van der Waals surface area contributed by atoms with Crippen molar-refractivity contribution in [1.82, 2.24) is 31.5 Å². The molecule has 1 heterocycles. The van der Waals surface area contributed by atoms with Gasteiger partial charge in [-0.2, -0.15) is 0 Å². The number of rotatable bonds is 13. The number of hydrogen-bond donors (Lipinski definition) is 5. The van der Waals surface area contributed by atoms with Crippen LogP contribution in [0.5, 0.6) is 0 Å². The quantitative estimate of drug-likeness (QED) is 0.149. The molecule has 13 nitrogen and oxygen atoms in total. The second kappa shape index (κ2) is 14.2. The topological polar surface area (TPSA) is 175 Å². The van der Waals surface area contributed by atoms with Gasteiger partial charge in [-0.3, -0.25) is 19.2 Å². The second-order valence-corrected chi connectivity index (χ2v) is 16.2. The van der Waals surface area contributed by atoms with E-state index >= 15 is 0 Å². The minimum atomic E-state index is -0.990. The Balaban J connectivity index is 1.76. The molecule has 13 heteroatoms. The fraction of sp³-hybridized carbons (Fsp3) is 0.765. The summed E-state index contributed by atoms with van der Waals surface area (Å²) in [7, 11) is 0. The van der Waals surface area contributed by atoms with Gasteiger partial charge >= 0.3 is 12.1 Å². The molecule has 2 aliphatic carbocycles. The zero-order valence-electron chi connectivity index (χ0n) is 29.7. The molecule has 0 aromatic rings. The fourth-order valence-corrected chi connectivity index (χ4v) is 6.39. The monoisotopic (exact) mass is 660 g/mol. The molecule has 1 saturated heterocycles. The van der Waals surface area contributed by atoms with Crippen molar-refractivity contribution < 1.29 is 33.5 Å². The van der Waals surface area contributed by atoms with Gasteiger partial charge in [0.05, 0.1) is 6.04 Å². The van der Waals surface area contributed by atoms with Crippen molar-refractivity contribution >= 4 is 35.6 Å². The van der Waals surface area contributed by atoms with Crippen LogP contribution < -0.4 is 26.6 Å². The van der Waals surface area contributed by atoms with Gasteiger partial charge in [-0.25, -0.2) is 9.59 Å². The molecule has 1 aliphatic heterocycles. The lowest BCUT2D eigenvalue weighted by Gasteiger charge is -2.38. The molecule has 3 fully saturated rings. The number of piperidine rings is 1. The van der Waals surface area contributed by atoms with Crippen LogP contribution in [0.25, 0.3) is 0 Å². The first-order chi connectivity index (χ1) is 21.6. The number of likely N-dealkylation sites (tertiary alicyclic amines) is 1. The largest absolute Gasteiger partial charge is 0.444 e. The number of carbonyl (C=O) groups excluding carboxylic acids is 6. The molecule has 0 bridgehead atoms. The number of alkyl carbamates (subject to hydrolysis) is 1. The molecule has 6 atom stereocenters. The van der Waals surface area contributed by atoms with Crippen LogP contribution in [0.3, 0.4) is 0 Å². The Labute approximate surface area is 279 Å². The number of amides is 6. The van der Waals surface area contributed by atoms with E-state index in [9.17, 15) is 28.8 Å². The van der Waals surface area contributed by atoms with Gasteiger partial charge in [0.1, 0.15) is 23.7 Å². The highest BCUT2D eigenvalue weighted by Gasteiger charge is 2.70. The highest BCUT2D eigenvalue weighted by atomic mass is 16.6. The number of fused-ring (bicyclic) bond motifs is 1. The van der Waals surface area contributed by atoms with Crippen LogP contribution in [0.15, 0.2) is 12.7 Å². The second-order valence-electron chi connectivity index (χ2n) is 16.2. The summed E-state index contributed by atoms with van der Waals surface area (Å²) in [4.78, 5) is 80.8. The number of nitrogens with one attached hydrogen (secondary N) is 5. The van der Waals surface area contributed by atoms with Crippen molar-refractivity contribution in [2.45, 2.75) is 112 Å². The van der Waals surface area contributed by atoms with E-state index in [1.165, 1.54) is 11.0 Å². The first-order valence-electron chi connectivity index (χ1n) is 16.7. The van der Waals surface area contributed by atoms with E-state index in [2.05, 4.69) is 47.0 Å². The lowest BCUT2D eigenvalue weighted by Crippen LogP contribution is -2.62. The summed E-state index contributed by atoms with van der Waals surface area (Å²) in [6, 6.07) is -3.87. The summed E-state index contributed by atoms with van der Waals surface area (Å²) in [6.45, 7) is 22.8. The van der Waals surface area contributed by atoms with Crippen LogP contribution >= 0.6 is 0 Å². The average Bonchev–Trinajstić information content (AvgIpc) is 3.81. The van der Waals surface area contributed by atoms with E-state index < -0.39 is 70.8 Å². The normalized spacial score (nSPS) is 23.4. The highest BCUT2D eigenvalue weighted by Crippen LogP contribution is 2.65. The molecule has 5 N–H and O–H groups in total. The summed E-state index contributed by atoms with van der Waals surface area (Å²) in [5.74, 6) is -2.61. The smallest absolute Gasteiger partial charge is 0.407 e. The van der Waals surface area contributed by atoms with Crippen LogP contribution in [0, 0.1) is 34.5 Å². The Morgan fingerprint density at radius 1 is 0.957 bits per heavy atom. The van der Waals surface area contributed by atoms with Gasteiger partial charge in [0.15, 0.2) is 0 Å². The van der Waals surface area contributed by atoms with Crippen molar-refractivity contribution in [1.29, 1.82) is 0 Å². The van der Waals surface area contributed by atoms with Crippen molar-refractivity contribution in [2.24, 2.45) is 34.5 Å². The van der Waals surface area contributed by atoms with Crippen LogP contribution in [-0.2, 0) is 23.9 Å². The molecule has 0 aromatic carbocycles. The molecule has 47 heavy (non-hydrogen) atoms. The van der Waals surface area contributed by atoms with E-state index in [1.54, 1.807) is 20.8 Å². The van der Waals surface area contributed by atoms with Crippen molar-refractivity contribution in [3.8, 4) is 0 Å². The zero-order chi connectivity index (χ0) is 35.6. The van der Waals surface area contributed by atoms with Crippen LogP contribution in [-0.4, -0.2) is 89.9 Å². The molecule has 2 saturated carbocycles. The van der Waals surface area contributed by atoms with E-state index in [1.807, 2.05) is 34.6 Å². The maximum absolute atomic E-state index is 14.3. The van der Waals surface area contributed by atoms with Gasteiger partial charge < -0.3 is 36.2 Å². The first kappa shape index (κ1) is 37.8. The predicted molar refractivity (Wildman–Crippen MR) is 177 cm³/mol. The van der Waals surface area contributed by atoms with Gasteiger partial charge in [0, 0.05) is 19.6 Å². The Bertz CT molecular complexity index is 1250. The lowest BCUT2D eigenvalue weighted by molar-refractivity contribution is -0.145. The summed E-state index contributed by atoms with van der Waals surface area (Å²) in [5.41, 5.74) is -1.58. The Hall–Kier alpha value is -3.64. The number of urea groups is 1.